The molecule has 3 nitrogen and oxygen atoms in total. The van der Waals surface area contributed by atoms with Crippen molar-refractivity contribution in [3.05, 3.63) is 84.2 Å². The SMILES string of the molecule is Cc1ccc(Cn2ccc3nc(-c4ccccc4)nc-3c2)cc1. The van der Waals surface area contributed by atoms with Gasteiger partial charge in [0.05, 0.1) is 5.69 Å². The summed E-state index contributed by atoms with van der Waals surface area (Å²) < 4.78 is 2.15. The molecule has 23 heavy (non-hydrogen) atoms. The van der Waals surface area contributed by atoms with Crippen molar-refractivity contribution in [1.82, 2.24) is 14.5 Å². The number of hydrogen-bond donors (Lipinski definition) is 0. The van der Waals surface area contributed by atoms with E-state index in [1.807, 2.05) is 36.4 Å². The Labute approximate surface area is 135 Å². The molecule has 0 bridgehead atoms. The summed E-state index contributed by atoms with van der Waals surface area (Å²) in [6.07, 6.45) is 4.13. The van der Waals surface area contributed by atoms with Crippen LogP contribution in [0.2, 0.25) is 0 Å². The van der Waals surface area contributed by atoms with Gasteiger partial charge in [0, 0.05) is 24.5 Å². The van der Waals surface area contributed by atoms with E-state index in [0.29, 0.717) is 0 Å². The highest BCUT2D eigenvalue weighted by Gasteiger charge is 2.12. The van der Waals surface area contributed by atoms with Crippen molar-refractivity contribution in [2.24, 2.45) is 0 Å². The minimum absolute atomic E-state index is 0.786. The Kier molecular flexibility index (Phi) is 3.39. The second-order valence-electron chi connectivity index (χ2n) is 5.79. The van der Waals surface area contributed by atoms with Crippen LogP contribution in [0.4, 0.5) is 0 Å². The fourth-order valence-electron chi connectivity index (χ4n) is 2.67. The molecule has 0 aromatic heterocycles. The summed E-state index contributed by atoms with van der Waals surface area (Å²) in [6.45, 7) is 2.94. The van der Waals surface area contributed by atoms with Gasteiger partial charge in [0.15, 0.2) is 5.82 Å². The van der Waals surface area contributed by atoms with Gasteiger partial charge in [0.1, 0.15) is 5.69 Å². The van der Waals surface area contributed by atoms with E-state index in [0.717, 1.165) is 29.3 Å². The van der Waals surface area contributed by atoms with E-state index in [2.05, 4.69) is 58.1 Å². The number of benzene rings is 2. The van der Waals surface area contributed by atoms with Crippen LogP contribution in [0.25, 0.3) is 22.8 Å². The van der Waals surface area contributed by atoms with E-state index < -0.39 is 0 Å². The van der Waals surface area contributed by atoms with Gasteiger partial charge in [-0.3, -0.25) is 0 Å². The minimum atomic E-state index is 0.786. The third kappa shape index (κ3) is 2.86. The van der Waals surface area contributed by atoms with Crippen molar-refractivity contribution in [2.75, 3.05) is 0 Å². The lowest BCUT2D eigenvalue weighted by molar-refractivity contribution is 0.789. The first-order valence-electron chi connectivity index (χ1n) is 7.72. The zero-order valence-electron chi connectivity index (χ0n) is 13.0. The third-order valence-electron chi connectivity index (χ3n) is 3.94. The minimum Gasteiger partial charge on any atom is -0.348 e. The van der Waals surface area contributed by atoms with Gasteiger partial charge in [0.25, 0.3) is 0 Å². The number of hydrogen-bond acceptors (Lipinski definition) is 2. The number of aryl methyl sites for hydroxylation is 1. The molecule has 0 N–H and O–H groups in total. The van der Waals surface area contributed by atoms with Gasteiger partial charge in [-0.25, -0.2) is 9.97 Å². The molecule has 0 radical (unpaired) electrons. The van der Waals surface area contributed by atoms with Crippen LogP contribution >= 0.6 is 0 Å². The molecule has 0 saturated heterocycles. The van der Waals surface area contributed by atoms with Gasteiger partial charge in [-0.15, -0.1) is 0 Å². The fraction of sp³-hybridized carbons (Fsp3) is 0.100. The van der Waals surface area contributed by atoms with Crippen molar-refractivity contribution in [1.29, 1.82) is 0 Å². The van der Waals surface area contributed by atoms with Gasteiger partial charge < -0.3 is 4.57 Å². The van der Waals surface area contributed by atoms with E-state index in [1.54, 1.807) is 0 Å². The van der Waals surface area contributed by atoms with Crippen LogP contribution in [-0.2, 0) is 6.54 Å². The molecular weight excluding hydrogens is 282 g/mol. The number of nitrogens with zero attached hydrogens (tertiary/aromatic N) is 3. The number of imidazole rings is 1. The standard InChI is InChI=1S/C20H17N3/c1-15-7-9-16(10-8-15)13-23-12-11-18-19(14-23)22-20(21-18)17-5-3-2-4-6-17/h2-12,14H,13H2,1H3. The lowest BCUT2D eigenvalue weighted by atomic mass is 10.1. The normalized spacial score (nSPS) is 11.0. The monoisotopic (exact) mass is 299 g/mol. The summed E-state index contributed by atoms with van der Waals surface area (Å²) in [5.74, 6) is 0.786. The average Bonchev–Trinajstić information content (AvgIpc) is 3.01. The number of rotatable bonds is 3. The molecule has 0 atom stereocenters. The Balaban J connectivity index is 1.66. The lowest BCUT2D eigenvalue weighted by Crippen LogP contribution is -2.00. The second-order valence-corrected chi connectivity index (χ2v) is 5.79. The maximum absolute atomic E-state index is 4.67. The molecule has 0 saturated carbocycles. The molecule has 112 valence electrons. The smallest absolute Gasteiger partial charge is 0.160 e. The Hall–Kier alpha value is -2.94. The van der Waals surface area contributed by atoms with Gasteiger partial charge in [-0.1, -0.05) is 60.2 Å². The summed E-state index contributed by atoms with van der Waals surface area (Å²) in [5.41, 5.74) is 5.47. The van der Waals surface area contributed by atoms with Crippen LogP contribution < -0.4 is 0 Å². The Morgan fingerprint density at radius 3 is 2.35 bits per heavy atom. The topological polar surface area (TPSA) is 30.7 Å². The van der Waals surface area contributed by atoms with Crippen molar-refractivity contribution in [2.45, 2.75) is 13.5 Å². The van der Waals surface area contributed by atoms with E-state index in [9.17, 15) is 0 Å². The highest BCUT2D eigenvalue weighted by molar-refractivity contribution is 5.65. The second kappa shape index (κ2) is 5.69. The van der Waals surface area contributed by atoms with Gasteiger partial charge in [-0.2, -0.15) is 0 Å². The van der Waals surface area contributed by atoms with E-state index >= 15 is 0 Å². The van der Waals surface area contributed by atoms with Crippen molar-refractivity contribution in [3.8, 4) is 22.8 Å². The number of fused-ring (bicyclic) bond motifs is 1. The predicted octanol–water partition coefficient (Wildman–Crippen LogP) is 4.41. The Bertz CT molecular complexity index is 892. The number of pyridine rings is 1. The summed E-state index contributed by atoms with van der Waals surface area (Å²) >= 11 is 0. The zero-order valence-corrected chi connectivity index (χ0v) is 13.0. The molecule has 2 heterocycles. The molecule has 2 aliphatic heterocycles. The molecule has 0 aliphatic carbocycles. The largest absolute Gasteiger partial charge is 0.348 e. The third-order valence-corrected chi connectivity index (χ3v) is 3.94. The first-order chi connectivity index (χ1) is 11.3. The van der Waals surface area contributed by atoms with Gasteiger partial charge in [0.2, 0.25) is 0 Å². The Morgan fingerprint density at radius 2 is 1.57 bits per heavy atom. The predicted molar refractivity (Wildman–Crippen MR) is 92.4 cm³/mol. The molecule has 0 amide bonds. The highest BCUT2D eigenvalue weighted by Crippen LogP contribution is 2.24. The van der Waals surface area contributed by atoms with Crippen LogP contribution in [0.3, 0.4) is 0 Å². The quantitative estimate of drug-likeness (QED) is 0.561. The molecule has 3 heteroatoms. The molecule has 0 unspecified atom stereocenters. The summed E-state index contributed by atoms with van der Waals surface area (Å²) in [5, 5.41) is 0. The first-order valence-corrected chi connectivity index (χ1v) is 7.72. The molecule has 0 fully saturated rings. The molecule has 0 spiro atoms. The van der Waals surface area contributed by atoms with E-state index in [4.69, 9.17) is 0 Å². The summed E-state index contributed by atoms with van der Waals surface area (Å²) in [4.78, 5) is 9.29. The summed E-state index contributed by atoms with van der Waals surface area (Å²) in [7, 11) is 0. The van der Waals surface area contributed by atoms with Crippen molar-refractivity contribution in [3.63, 3.8) is 0 Å². The van der Waals surface area contributed by atoms with Crippen LogP contribution in [0.1, 0.15) is 11.1 Å². The first kappa shape index (κ1) is 13.7. The van der Waals surface area contributed by atoms with Crippen LogP contribution in [0, 0.1) is 6.92 Å². The average molecular weight is 299 g/mol. The van der Waals surface area contributed by atoms with E-state index in [-0.39, 0.29) is 0 Å². The molecule has 2 aliphatic rings. The lowest BCUT2D eigenvalue weighted by Gasteiger charge is -2.08. The maximum Gasteiger partial charge on any atom is 0.160 e. The highest BCUT2D eigenvalue weighted by atomic mass is 15.0. The fourth-order valence-corrected chi connectivity index (χ4v) is 2.67. The zero-order chi connectivity index (χ0) is 15.6. The van der Waals surface area contributed by atoms with Crippen molar-refractivity contribution >= 4 is 0 Å². The molecule has 4 rings (SSSR count). The van der Waals surface area contributed by atoms with Crippen molar-refractivity contribution < 1.29 is 0 Å². The van der Waals surface area contributed by atoms with E-state index in [1.165, 1.54) is 11.1 Å². The molecule has 2 aromatic rings. The van der Waals surface area contributed by atoms with Crippen LogP contribution in [0.15, 0.2) is 73.1 Å². The van der Waals surface area contributed by atoms with Crippen LogP contribution in [-0.4, -0.2) is 14.5 Å². The Morgan fingerprint density at radius 1 is 0.826 bits per heavy atom. The van der Waals surface area contributed by atoms with Gasteiger partial charge >= 0.3 is 0 Å². The van der Waals surface area contributed by atoms with Crippen LogP contribution in [0.5, 0.6) is 0 Å². The van der Waals surface area contributed by atoms with Gasteiger partial charge in [-0.05, 0) is 18.6 Å². The summed E-state index contributed by atoms with van der Waals surface area (Å²) in [6, 6.07) is 20.7. The molecular formula is C20H17N3. The number of aromatic nitrogens is 3. The molecule has 2 aromatic carbocycles. The maximum atomic E-state index is 4.67.